The number of rotatable bonds is 4. The molecule has 0 aliphatic heterocycles. The third-order valence-electron chi connectivity index (χ3n) is 5.91. The second-order valence-electron chi connectivity index (χ2n) is 8.17. The van der Waals surface area contributed by atoms with Gasteiger partial charge in [0.2, 0.25) is 5.60 Å². The maximum atomic E-state index is 14.2. The first-order chi connectivity index (χ1) is 15.7. The van der Waals surface area contributed by atoms with E-state index in [1.54, 1.807) is 18.3 Å². The quantitative estimate of drug-likeness (QED) is 0.346. The first kappa shape index (κ1) is 21.2. The molecule has 3 aromatic carbocycles. The molecular weight excluding hydrogens is 434 g/mol. The number of fused-ring (bicyclic) bond motifs is 2. The van der Waals surface area contributed by atoms with Crippen molar-refractivity contribution in [2.45, 2.75) is 25.2 Å². The van der Waals surface area contributed by atoms with Gasteiger partial charge in [-0.15, -0.1) is 0 Å². The van der Waals surface area contributed by atoms with Crippen molar-refractivity contribution in [2.75, 3.05) is 0 Å². The predicted molar refractivity (Wildman–Crippen MR) is 118 cm³/mol. The van der Waals surface area contributed by atoms with Gasteiger partial charge >= 0.3 is 6.18 Å². The smallest absolute Gasteiger partial charge is 0.375 e. The molecule has 0 amide bonds. The molecule has 2 aromatic heterocycles. The third kappa shape index (κ3) is 3.56. The molecule has 33 heavy (non-hydrogen) atoms. The number of benzene rings is 3. The number of hydrogen-bond donors (Lipinski definition) is 1. The highest BCUT2D eigenvalue weighted by Gasteiger charge is 2.55. The Morgan fingerprint density at radius 3 is 2.33 bits per heavy atom. The molecule has 0 bridgehead atoms. The van der Waals surface area contributed by atoms with E-state index >= 15 is 0 Å². The maximum Gasteiger partial charge on any atom is 0.423 e. The van der Waals surface area contributed by atoms with E-state index in [0.717, 1.165) is 10.9 Å². The average Bonchev–Trinajstić information content (AvgIpc) is 3.37. The number of aryl methyl sites for hydroxylation is 1. The van der Waals surface area contributed by atoms with Crippen LogP contribution in [0.25, 0.3) is 27.5 Å². The summed E-state index contributed by atoms with van der Waals surface area (Å²) in [5.41, 5.74) is -0.689. The van der Waals surface area contributed by atoms with E-state index < -0.39 is 24.1 Å². The summed E-state index contributed by atoms with van der Waals surface area (Å²) >= 11 is 0. The zero-order chi connectivity index (χ0) is 23.4. The van der Waals surface area contributed by atoms with Gasteiger partial charge in [0, 0.05) is 17.1 Å². The van der Waals surface area contributed by atoms with Crippen LogP contribution in [0.15, 0.2) is 79.1 Å². The summed E-state index contributed by atoms with van der Waals surface area (Å²) in [7, 11) is 0. The Morgan fingerprint density at radius 1 is 0.879 bits per heavy atom. The highest BCUT2D eigenvalue weighted by atomic mass is 19.4. The molecule has 5 aromatic rings. The Balaban J connectivity index is 1.58. The fourth-order valence-corrected chi connectivity index (χ4v) is 4.13. The molecule has 168 valence electrons. The predicted octanol–water partition coefficient (Wildman–Crippen LogP) is 5.88. The number of aliphatic hydroxyl groups is 1. The van der Waals surface area contributed by atoms with E-state index in [1.807, 2.05) is 19.1 Å². The van der Waals surface area contributed by atoms with Crippen LogP contribution in [-0.4, -0.2) is 25.6 Å². The lowest BCUT2D eigenvalue weighted by Gasteiger charge is -2.32. The minimum absolute atomic E-state index is 0.282. The first-order valence-electron chi connectivity index (χ1n) is 10.2. The Morgan fingerprint density at radius 2 is 1.61 bits per heavy atom. The molecular formula is C25H19F4N3O. The van der Waals surface area contributed by atoms with Gasteiger partial charge in [-0.2, -0.15) is 18.3 Å². The maximum absolute atomic E-state index is 14.2. The standard InChI is InChI=1S/C25H19F4N3O/c1-16-2-8-22-17(12-16)10-11-31(22)15-24(33,25(27,28)29)19-3-9-23-18(13-19)14-30-32(23)21-6-4-20(26)5-7-21/h2-14,33H,15H2,1H3. The summed E-state index contributed by atoms with van der Waals surface area (Å²) in [6, 6.07) is 16.8. The minimum atomic E-state index is -4.92. The minimum Gasteiger partial charge on any atom is -0.375 e. The van der Waals surface area contributed by atoms with Crippen molar-refractivity contribution in [2.24, 2.45) is 0 Å². The van der Waals surface area contributed by atoms with Gasteiger partial charge in [-0.3, -0.25) is 0 Å². The monoisotopic (exact) mass is 453 g/mol. The van der Waals surface area contributed by atoms with Crippen LogP contribution in [0.4, 0.5) is 17.6 Å². The van der Waals surface area contributed by atoms with Crippen LogP contribution in [0.1, 0.15) is 11.1 Å². The molecule has 4 nitrogen and oxygen atoms in total. The summed E-state index contributed by atoms with van der Waals surface area (Å²) in [5, 5.41) is 16.5. The first-order valence-corrected chi connectivity index (χ1v) is 10.2. The van der Waals surface area contributed by atoms with Crippen molar-refractivity contribution in [3.63, 3.8) is 0 Å². The summed E-state index contributed by atoms with van der Waals surface area (Å²) in [5.74, 6) is -0.402. The van der Waals surface area contributed by atoms with Crippen LogP contribution >= 0.6 is 0 Å². The second-order valence-corrected chi connectivity index (χ2v) is 8.17. The molecule has 0 saturated heterocycles. The molecule has 8 heteroatoms. The van der Waals surface area contributed by atoms with Crippen molar-refractivity contribution in [1.29, 1.82) is 0 Å². The fourth-order valence-electron chi connectivity index (χ4n) is 4.13. The van der Waals surface area contributed by atoms with E-state index in [2.05, 4.69) is 5.10 Å². The van der Waals surface area contributed by atoms with Crippen molar-refractivity contribution >= 4 is 21.8 Å². The number of nitrogens with zero attached hydrogens (tertiary/aromatic N) is 3. The van der Waals surface area contributed by atoms with E-state index in [1.165, 1.54) is 57.9 Å². The highest BCUT2D eigenvalue weighted by Crippen LogP contribution is 2.42. The molecule has 5 rings (SSSR count). The van der Waals surface area contributed by atoms with Gasteiger partial charge in [-0.25, -0.2) is 9.07 Å². The second kappa shape index (κ2) is 7.45. The van der Waals surface area contributed by atoms with Gasteiger partial charge in [0.05, 0.1) is 23.9 Å². The third-order valence-corrected chi connectivity index (χ3v) is 5.91. The van der Waals surface area contributed by atoms with Gasteiger partial charge in [0.25, 0.3) is 0 Å². The molecule has 0 saturated carbocycles. The average molecular weight is 453 g/mol. The molecule has 2 heterocycles. The Labute approximate surface area is 186 Å². The van der Waals surface area contributed by atoms with Gasteiger partial charge in [-0.1, -0.05) is 17.7 Å². The molecule has 0 aliphatic carbocycles. The van der Waals surface area contributed by atoms with Gasteiger partial charge < -0.3 is 9.67 Å². The summed E-state index contributed by atoms with van der Waals surface area (Å²) in [6.07, 6.45) is -1.95. The van der Waals surface area contributed by atoms with E-state index in [-0.39, 0.29) is 5.56 Å². The Hall–Kier alpha value is -3.65. The van der Waals surface area contributed by atoms with Crippen molar-refractivity contribution in [3.05, 3.63) is 96.1 Å². The lowest BCUT2D eigenvalue weighted by molar-refractivity contribution is -0.271. The van der Waals surface area contributed by atoms with Crippen molar-refractivity contribution in [1.82, 2.24) is 14.3 Å². The number of alkyl halides is 3. The van der Waals surface area contributed by atoms with Crippen LogP contribution in [0.3, 0.4) is 0 Å². The van der Waals surface area contributed by atoms with E-state index in [0.29, 0.717) is 22.1 Å². The largest absolute Gasteiger partial charge is 0.423 e. The van der Waals surface area contributed by atoms with Crippen LogP contribution in [0.2, 0.25) is 0 Å². The molecule has 1 atom stereocenters. The Kier molecular flexibility index (Phi) is 4.79. The lowest BCUT2D eigenvalue weighted by Crippen LogP contribution is -2.45. The topological polar surface area (TPSA) is 43.0 Å². The zero-order valence-electron chi connectivity index (χ0n) is 17.5. The van der Waals surface area contributed by atoms with Crippen LogP contribution in [0.5, 0.6) is 0 Å². The summed E-state index contributed by atoms with van der Waals surface area (Å²) < 4.78 is 58.9. The SMILES string of the molecule is Cc1ccc2c(ccn2CC(O)(c2ccc3c(cnn3-c3ccc(F)cc3)c2)C(F)(F)F)c1. The number of aromatic nitrogens is 3. The van der Waals surface area contributed by atoms with E-state index in [4.69, 9.17) is 0 Å². The van der Waals surface area contributed by atoms with Crippen molar-refractivity contribution in [3.8, 4) is 5.69 Å². The molecule has 0 spiro atoms. The molecule has 0 aliphatic rings. The molecule has 1 unspecified atom stereocenters. The summed E-state index contributed by atoms with van der Waals surface area (Å²) in [6.45, 7) is 1.21. The summed E-state index contributed by atoms with van der Waals surface area (Å²) in [4.78, 5) is 0. The zero-order valence-corrected chi connectivity index (χ0v) is 17.5. The van der Waals surface area contributed by atoms with Gasteiger partial charge in [-0.05, 0) is 72.5 Å². The van der Waals surface area contributed by atoms with Crippen LogP contribution in [-0.2, 0) is 12.1 Å². The van der Waals surface area contributed by atoms with Crippen molar-refractivity contribution < 1.29 is 22.7 Å². The normalized spacial score (nSPS) is 14.1. The molecule has 1 N–H and O–H groups in total. The Bertz CT molecular complexity index is 1470. The number of hydrogen-bond acceptors (Lipinski definition) is 2. The molecule has 0 fully saturated rings. The van der Waals surface area contributed by atoms with Crippen LogP contribution < -0.4 is 0 Å². The lowest BCUT2D eigenvalue weighted by atomic mass is 9.91. The van der Waals surface area contributed by atoms with Gasteiger partial charge in [0.1, 0.15) is 5.82 Å². The molecule has 0 radical (unpaired) electrons. The number of halogens is 4. The van der Waals surface area contributed by atoms with Crippen LogP contribution in [0, 0.1) is 12.7 Å². The highest BCUT2D eigenvalue weighted by molar-refractivity contribution is 5.82. The fraction of sp³-hybridized carbons (Fsp3) is 0.160. The van der Waals surface area contributed by atoms with E-state index in [9.17, 15) is 22.7 Å². The van der Waals surface area contributed by atoms with Gasteiger partial charge in [0.15, 0.2) is 0 Å².